The second-order valence-electron chi connectivity index (χ2n) is 8.22. The van der Waals surface area contributed by atoms with E-state index in [1.807, 2.05) is 31.2 Å². The van der Waals surface area contributed by atoms with Crippen molar-refractivity contribution in [2.24, 2.45) is 5.92 Å². The van der Waals surface area contributed by atoms with Crippen molar-refractivity contribution >= 4 is 55.7 Å². The van der Waals surface area contributed by atoms with Crippen molar-refractivity contribution < 1.29 is 23.8 Å². The predicted molar refractivity (Wildman–Crippen MR) is 132 cm³/mol. The van der Waals surface area contributed by atoms with Gasteiger partial charge in [-0.3, -0.25) is 14.6 Å². The number of benzene rings is 2. The lowest BCUT2D eigenvalue weighted by Gasteiger charge is -2.35. The van der Waals surface area contributed by atoms with Crippen LogP contribution in [0.5, 0.6) is 17.2 Å². The van der Waals surface area contributed by atoms with E-state index >= 15 is 0 Å². The maximum Gasteiger partial charge on any atom is 0.236 e. The molecule has 1 spiro atoms. The van der Waals surface area contributed by atoms with Gasteiger partial charge in [0.1, 0.15) is 22.1 Å². The average molecular weight is 544 g/mol. The van der Waals surface area contributed by atoms with Crippen molar-refractivity contribution in [1.29, 1.82) is 0 Å². The van der Waals surface area contributed by atoms with Gasteiger partial charge >= 0.3 is 0 Å². The molecule has 1 aliphatic carbocycles. The molecule has 0 radical (unpaired) electrons. The number of rotatable bonds is 4. The summed E-state index contributed by atoms with van der Waals surface area (Å²) in [7, 11) is 2.89. The van der Waals surface area contributed by atoms with Crippen LogP contribution in [0.2, 0.25) is 5.02 Å². The number of nitrogens with one attached hydrogen (secondary N) is 1. The standard InChI is InChI=1S/C25H20BrClN2O5/c1-12-9-13(29-16-7-6-15(26)14-5-4-8-28-22(14)16)10-19(30)25(12)24(31)20-17(32-2)11-18(33-3)21(27)23(20)34-25/h4-8,10-12,29H,9H2,1-3H3. The van der Waals surface area contributed by atoms with Gasteiger partial charge < -0.3 is 19.5 Å². The number of anilines is 1. The molecule has 2 atom stereocenters. The first-order valence-electron chi connectivity index (χ1n) is 10.5. The lowest BCUT2D eigenvalue weighted by Crippen LogP contribution is -2.55. The first-order valence-corrected chi connectivity index (χ1v) is 11.7. The molecule has 2 aliphatic rings. The summed E-state index contributed by atoms with van der Waals surface area (Å²) in [5, 5.41) is 4.40. The summed E-state index contributed by atoms with van der Waals surface area (Å²) in [5.41, 5.74) is 0.637. The van der Waals surface area contributed by atoms with E-state index in [9.17, 15) is 9.59 Å². The second kappa shape index (κ2) is 8.29. The summed E-state index contributed by atoms with van der Waals surface area (Å²) < 4.78 is 17.7. The molecule has 34 heavy (non-hydrogen) atoms. The monoisotopic (exact) mass is 542 g/mol. The number of nitrogens with zero attached hydrogens (tertiary/aromatic N) is 1. The Labute approximate surface area is 209 Å². The Morgan fingerprint density at radius 2 is 1.97 bits per heavy atom. The molecule has 0 amide bonds. The van der Waals surface area contributed by atoms with E-state index in [0.717, 1.165) is 21.1 Å². The Kier molecular flexibility index (Phi) is 5.53. The molecule has 2 aromatic carbocycles. The highest BCUT2D eigenvalue weighted by Crippen LogP contribution is 2.53. The molecular formula is C25H20BrClN2O5. The number of Topliss-reactive ketones (excluding diaryl/α,β-unsaturated/α-hetero) is 1. The number of ketones is 2. The molecule has 1 N–H and O–H groups in total. The van der Waals surface area contributed by atoms with Crippen LogP contribution in [0, 0.1) is 5.92 Å². The number of allylic oxidation sites excluding steroid dienone is 1. The molecule has 0 saturated heterocycles. The van der Waals surface area contributed by atoms with E-state index in [1.54, 1.807) is 6.20 Å². The molecule has 0 bridgehead atoms. The van der Waals surface area contributed by atoms with Gasteiger partial charge in [-0.05, 0) is 24.6 Å². The van der Waals surface area contributed by atoms with Gasteiger partial charge in [0.15, 0.2) is 5.75 Å². The predicted octanol–water partition coefficient (Wildman–Crippen LogP) is 5.59. The van der Waals surface area contributed by atoms with Crippen molar-refractivity contribution in [1.82, 2.24) is 4.98 Å². The zero-order chi connectivity index (χ0) is 24.2. The van der Waals surface area contributed by atoms with Gasteiger partial charge in [-0.2, -0.15) is 0 Å². The smallest absolute Gasteiger partial charge is 0.236 e. The van der Waals surface area contributed by atoms with Crippen LogP contribution in [-0.4, -0.2) is 36.4 Å². The third-order valence-corrected chi connectivity index (χ3v) is 7.37. The van der Waals surface area contributed by atoms with Crippen LogP contribution in [0.3, 0.4) is 0 Å². The number of carbonyl (C=O) groups is 2. The lowest BCUT2D eigenvalue weighted by atomic mass is 9.74. The van der Waals surface area contributed by atoms with Crippen LogP contribution in [0.15, 0.2) is 52.8 Å². The molecule has 2 unspecified atom stereocenters. The van der Waals surface area contributed by atoms with E-state index in [2.05, 4.69) is 26.2 Å². The summed E-state index contributed by atoms with van der Waals surface area (Å²) in [6.45, 7) is 1.81. The molecule has 7 nitrogen and oxygen atoms in total. The highest BCUT2D eigenvalue weighted by Gasteiger charge is 2.60. The fourth-order valence-electron chi connectivity index (χ4n) is 4.63. The minimum atomic E-state index is -1.71. The summed E-state index contributed by atoms with van der Waals surface area (Å²) in [6, 6.07) is 9.16. The van der Waals surface area contributed by atoms with Crippen molar-refractivity contribution in [2.45, 2.75) is 18.9 Å². The first kappa shape index (κ1) is 22.7. The highest BCUT2D eigenvalue weighted by molar-refractivity contribution is 9.10. The fourth-order valence-corrected chi connectivity index (χ4v) is 5.34. The number of pyridine rings is 1. The van der Waals surface area contributed by atoms with Crippen LogP contribution in [0.4, 0.5) is 5.69 Å². The molecular weight excluding hydrogens is 524 g/mol. The molecule has 1 aromatic heterocycles. The van der Waals surface area contributed by atoms with E-state index in [0.29, 0.717) is 17.9 Å². The molecule has 0 fully saturated rings. The number of halogens is 2. The van der Waals surface area contributed by atoms with E-state index in [-0.39, 0.29) is 22.1 Å². The number of hydrogen-bond donors (Lipinski definition) is 1. The lowest BCUT2D eigenvalue weighted by molar-refractivity contribution is -0.129. The number of hydrogen-bond acceptors (Lipinski definition) is 7. The van der Waals surface area contributed by atoms with Gasteiger partial charge in [-0.1, -0.05) is 40.5 Å². The Hall–Kier alpha value is -3.10. The zero-order valence-electron chi connectivity index (χ0n) is 18.6. The summed E-state index contributed by atoms with van der Waals surface area (Å²) in [4.78, 5) is 31.6. The number of ether oxygens (including phenoxy) is 3. The summed E-state index contributed by atoms with van der Waals surface area (Å²) in [5.74, 6) is -0.748. The van der Waals surface area contributed by atoms with Crippen molar-refractivity contribution in [2.75, 3.05) is 19.5 Å². The van der Waals surface area contributed by atoms with Gasteiger partial charge in [0.2, 0.25) is 17.2 Å². The molecule has 9 heteroatoms. The Bertz CT molecular complexity index is 1410. The van der Waals surface area contributed by atoms with Gasteiger partial charge in [-0.25, -0.2) is 0 Å². The van der Waals surface area contributed by atoms with Crippen LogP contribution < -0.4 is 19.5 Å². The van der Waals surface area contributed by atoms with Crippen molar-refractivity contribution in [3.05, 3.63) is 63.4 Å². The fraction of sp³-hybridized carbons (Fsp3) is 0.240. The Morgan fingerprint density at radius 1 is 1.21 bits per heavy atom. The Balaban J connectivity index is 1.53. The van der Waals surface area contributed by atoms with E-state index in [4.69, 9.17) is 25.8 Å². The molecule has 0 saturated carbocycles. The van der Waals surface area contributed by atoms with Crippen LogP contribution in [0.25, 0.3) is 10.9 Å². The first-order chi connectivity index (χ1) is 16.3. The van der Waals surface area contributed by atoms with Gasteiger partial charge in [0.25, 0.3) is 0 Å². The third-order valence-electron chi connectivity index (χ3n) is 6.32. The average Bonchev–Trinajstić information content (AvgIpc) is 3.15. The van der Waals surface area contributed by atoms with E-state index < -0.39 is 23.1 Å². The quantitative estimate of drug-likeness (QED) is 0.430. The highest BCUT2D eigenvalue weighted by atomic mass is 79.9. The van der Waals surface area contributed by atoms with Gasteiger partial charge in [0.05, 0.1) is 25.4 Å². The van der Waals surface area contributed by atoms with Gasteiger partial charge in [-0.15, -0.1) is 0 Å². The summed E-state index contributed by atoms with van der Waals surface area (Å²) >= 11 is 9.99. The minimum absolute atomic E-state index is 0.107. The van der Waals surface area contributed by atoms with Gasteiger partial charge in [0, 0.05) is 39.8 Å². The number of aromatic nitrogens is 1. The Morgan fingerprint density at radius 3 is 2.68 bits per heavy atom. The number of fused-ring (bicyclic) bond motifs is 2. The maximum absolute atomic E-state index is 13.6. The zero-order valence-corrected chi connectivity index (χ0v) is 20.9. The second-order valence-corrected chi connectivity index (χ2v) is 9.46. The molecule has 1 aliphatic heterocycles. The summed E-state index contributed by atoms with van der Waals surface area (Å²) in [6.07, 6.45) is 3.54. The molecule has 2 heterocycles. The van der Waals surface area contributed by atoms with E-state index in [1.165, 1.54) is 26.4 Å². The normalized spacial score (nSPS) is 21.3. The molecule has 174 valence electrons. The van der Waals surface area contributed by atoms with Crippen LogP contribution >= 0.6 is 27.5 Å². The number of carbonyl (C=O) groups excluding carboxylic acids is 2. The third kappa shape index (κ3) is 3.20. The van der Waals surface area contributed by atoms with Crippen LogP contribution in [0.1, 0.15) is 23.7 Å². The van der Waals surface area contributed by atoms with Crippen molar-refractivity contribution in [3.8, 4) is 17.2 Å². The SMILES string of the molecule is COc1cc(OC)c2c(c1Cl)OC1(C(=O)C=C(Nc3ccc(Br)c4cccnc34)CC1C)C2=O. The molecule has 3 aromatic rings. The van der Waals surface area contributed by atoms with Crippen LogP contribution in [-0.2, 0) is 4.79 Å². The van der Waals surface area contributed by atoms with Crippen molar-refractivity contribution in [3.63, 3.8) is 0 Å². The largest absolute Gasteiger partial charge is 0.496 e. The number of methoxy groups -OCH3 is 2. The minimum Gasteiger partial charge on any atom is -0.496 e. The maximum atomic E-state index is 13.6. The molecule has 5 rings (SSSR count). The topological polar surface area (TPSA) is 86.8 Å².